The Balaban J connectivity index is 1.82. The lowest BCUT2D eigenvalue weighted by Crippen LogP contribution is -2.54. The molecule has 2 aliphatic heterocycles. The molecule has 1 spiro atoms. The maximum Gasteiger partial charge on any atom is 0.411 e. The van der Waals surface area contributed by atoms with Gasteiger partial charge in [0.05, 0.1) is 11.9 Å². The van der Waals surface area contributed by atoms with E-state index in [1.54, 1.807) is 28.1 Å². The number of nitrogens with one attached hydrogen (secondary N) is 1. The number of carbonyl (C=O) groups excluding carboxylic acids is 2. The molecule has 3 rings (SSSR count). The predicted molar refractivity (Wildman–Crippen MR) is 93.3 cm³/mol. The predicted octanol–water partition coefficient (Wildman–Crippen LogP) is 1.64. The second-order valence-corrected chi connectivity index (χ2v) is 7.50. The van der Waals surface area contributed by atoms with Gasteiger partial charge in [-0.25, -0.2) is 9.78 Å². The molecule has 136 valence electrons. The molecule has 1 aromatic rings. The molecule has 8 heteroatoms. The van der Waals surface area contributed by atoms with Gasteiger partial charge in [0.2, 0.25) is 0 Å². The first-order chi connectivity index (χ1) is 11.8. The fourth-order valence-electron chi connectivity index (χ4n) is 3.57. The molecule has 0 aliphatic carbocycles. The van der Waals surface area contributed by atoms with E-state index in [-0.39, 0.29) is 5.91 Å². The second kappa shape index (κ2) is 6.18. The van der Waals surface area contributed by atoms with Crippen molar-refractivity contribution in [3.63, 3.8) is 0 Å². The van der Waals surface area contributed by atoms with E-state index in [2.05, 4.69) is 10.5 Å². The number of hydrogen-bond acceptors (Lipinski definition) is 5. The normalized spacial score (nSPS) is 23.4. The van der Waals surface area contributed by atoms with E-state index in [1.165, 1.54) is 0 Å². The van der Waals surface area contributed by atoms with Crippen LogP contribution in [0.5, 0.6) is 0 Å². The Labute approximate surface area is 146 Å². The smallest absolute Gasteiger partial charge is 0.411 e. The van der Waals surface area contributed by atoms with Crippen molar-refractivity contribution in [2.75, 3.05) is 23.5 Å². The number of rotatable bonds is 2. The van der Waals surface area contributed by atoms with Crippen LogP contribution in [0, 0.1) is 0 Å². The summed E-state index contributed by atoms with van der Waals surface area (Å²) in [4.78, 5) is 33.1. The zero-order valence-electron chi connectivity index (χ0n) is 14.8. The minimum absolute atomic E-state index is 0.0794. The van der Waals surface area contributed by atoms with Gasteiger partial charge in [-0.1, -0.05) is 0 Å². The molecule has 2 fully saturated rings. The van der Waals surface area contributed by atoms with Crippen molar-refractivity contribution < 1.29 is 19.5 Å². The van der Waals surface area contributed by atoms with Crippen LogP contribution in [0.25, 0.3) is 0 Å². The Bertz CT molecular complexity index is 670. The van der Waals surface area contributed by atoms with E-state index in [9.17, 15) is 9.59 Å². The summed E-state index contributed by atoms with van der Waals surface area (Å²) in [7, 11) is 0. The van der Waals surface area contributed by atoms with Crippen molar-refractivity contribution in [3.8, 4) is 0 Å². The summed E-state index contributed by atoms with van der Waals surface area (Å²) >= 11 is 0. The van der Waals surface area contributed by atoms with Crippen LogP contribution < -0.4 is 10.4 Å². The molecule has 2 aliphatic rings. The third-order valence-electron chi connectivity index (χ3n) is 4.68. The van der Waals surface area contributed by atoms with E-state index in [4.69, 9.17) is 9.94 Å². The lowest BCUT2D eigenvalue weighted by atomic mass is 9.94. The molecule has 1 unspecified atom stereocenters. The average Bonchev–Trinajstić information content (AvgIpc) is 3.12. The van der Waals surface area contributed by atoms with Crippen molar-refractivity contribution >= 4 is 23.5 Å². The van der Waals surface area contributed by atoms with Crippen LogP contribution in [0.1, 0.15) is 40.0 Å². The third kappa shape index (κ3) is 3.13. The number of likely N-dealkylation sites (tertiary alicyclic amines) is 1. The molecule has 0 bridgehead atoms. The minimum atomic E-state index is -0.811. The molecule has 25 heavy (non-hydrogen) atoms. The van der Waals surface area contributed by atoms with Gasteiger partial charge in [-0.2, -0.15) is 0 Å². The number of amides is 2. The molecule has 2 amide bonds. The van der Waals surface area contributed by atoms with Crippen LogP contribution >= 0.6 is 0 Å². The maximum absolute atomic E-state index is 13.2. The van der Waals surface area contributed by atoms with E-state index in [0.717, 1.165) is 6.42 Å². The SMILES string of the molecule is CC(C)(C)OC(=O)N1CCCC12CCN(c1ccc(N[OH2+])nc1)C2=O. The monoisotopic (exact) mass is 349 g/mol. The standard InChI is InChI=1S/C17H24N4O4/c1-16(2,3)25-15(23)21-9-4-7-17(21)8-10-20(14(17)22)12-5-6-13(19-24)18-11-12/h5-6,11,24H,4,7-10H2,1-3H3,(H,18,19)/p+1. The average molecular weight is 349 g/mol. The van der Waals surface area contributed by atoms with Crippen molar-refractivity contribution in [1.82, 2.24) is 9.88 Å². The number of anilines is 2. The Hall–Kier alpha value is -2.35. The Morgan fingerprint density at radius 3 is 2.68 bits per heavy atom. The highest BCUT2D eigenvalue weighted by Gasteiger charge is 2.56. The van der Waals surface area contributed by atoms with Crippen LogP contribution in [-0.4, -0.2) is 51.3 Å². The van der Waals surface area contributed by atoms with Crippen LogP contribution in [0.4, 0.5) is 16.3 Å². The zero-order chi connectivity index (χ0) is 18.2. The van der Waals surface area contributed by atoms with E-state index in [1.807, 2.05) is 20.8 Å². The summed E-state index contributed by atoms with van der Waals surface area (Å²) in [5.41, 5.74) is 1.49. The Morgan fingerprint density at radius 1 is 1.32 bits per heavy atom. The highest BCUT2D eigenvalue weighted by molar-refractivity contribution is 6.04. The van der Waals surface area contributed by atoms with Crippen LogP contribution in [0.2, 0.25) is 0 Å². The summed E-state index contributed by atoms with van der Waals surface area (Å²) < 4.78 is 5.50. The molecule has 2 saturated heterocycles. The van der Waals surface area contributed by atoms with Gasteiger partial charge in [0.15, 0.2) is 5.82 Å². The summed E-state index contributed by atoms with van der Waals surface area (Å²) in [6.45, 7) is 6.54. The molecule has 1 aromatic heterocycles. The van der Waals surface area contributed by atoms with Crippen molar-refractivity contribution in [1.29, 1.82) is 0 Å². The second-order valence-electron chi connectivity index (χ2n) is 7.50. The summed E-state index contributed by atoms with van der Waals surface area (Å²) in [5.74, 6) is 0.339. The van der Waals surface area contributed by atoms with Gasteiger partial charge in [0, 0.05) is 13.1 Å². The molecule has 0 saturated carbocycles. The molecular formula is C17H25N4O4+. The number of nitrogens with zero attached hydrogens (tertiary/aromatic N) is 3. The minimum Gasteiger partial charge on any atom is -0.444 e. The first kappa shape index (κ1) is 17.5. The maximum atomic E-state index is 13.2. The highest BCUT2D eigenvalue weighted by Crippen LogP contribution is 2.41. The fourth-order valence-corrected chi connectivity index (χ4v) is 3.57. The number of pyridine rings is 1. The van der Waals surface area contributed by atoms with E-state index in [0.29, 0.717) is 37.4 Å². The first-order valence-corrected chi connectivity index (χ1v) is 8.48. The van der Waals surface area contributed by atoms with Gasteiger partial charge >= 0.3 is 6.09 Å². The zero-order valence-corrected chi connectivity index (χ0v) is 14.8. The quantitative estimate of drug-likeness (QED) is 0.646. The molecule has 3 N–H and O–H groups in total. The highest BCUT2D eigenvalue weighted by atomic mass is 16.6. The number of hydrogen-bond donors (Lipinski definition) is 1. The molecule has 3 heterocycles. The van der Waals surface area contributed by atoms with E-state index < -0.39 is 17.2 Å². The first-order valence-electron chi connectivity index (χ1n) is 8.48. The number of ether oxygens (including phenoxy) is 1. The van der Waals surface area contributed by atoms with Gasteiger partial charge in [0.1, 0.15) is 11.1 Å². The molecule has 1 atom stereocenters. The summed E-state index contributed by atoms with van der Waals surface area (Å²) in [6.07, 6.45) is 3.18. The van der Waals surface area contributed by atoms with Crippen molar-refractivity contribution in [2.45, 2.75) is 51.2 Å². The third-order valence-corrected chi connectivity index (χ3v) is 4.68. The summed E-state index contributed by atoms with van der Waals surface area (Å²) in [5, 5.41) is 7.09. The largest absolute Gasteiger partial charge is 0.444 e. The summed E-state index contributed by atoms with van der Waals surface area (Å²) in [6, 6.07) is 3.41. The number of aromatic nitrogens is 1. The van der Waals surface area contributed by atoms with Gasteiger partial charge in [-0.3, -0.25) is 9.69 Å². The molecule has 0 aromatic carbocycles. The van der Waals surface area contributed by atoms with E-state index >= 15 is 0 Å². The lowest BCUT2D eigenvalue weighted by Gasteiger charge is -2.34. The van der Waals surface area contributed by atoms with Crippen LogP contribution in [-0.2, 0) is 9.53 Å². The Morgan fingerprint density at radius 2 is 2.08 bits per heavy atom. The van der Waals surface area contributed by atoms with Crippen molar-refractivity contribution in [2.24, 2.45) is 0 Å². The topological polar surface area (TPSA) is 97.7 Å². The van der Waals surface area contributed by atoms with Crippen molar-refractivity contribution in [3.05, 3.63) is 18.3 Å². The fraction of sp³-hybridized carbons (Fsp3) is 0.588. The van der Waals surface area contributed by atoms with Crippen LogP contribution in [0.15, 0.2) is 18.3 Å². The number of carbonyl (C=O) groups is 2. The molecular weight excluding hydrogens is 324 g/mol. The van der Waals surface area contributed by atoms with Gasteiger partial charge in [0.25, 0.3) is 5.91 Å². The van der Waals surface area contributed by atoms with Gasteiger partial charge in [-0.15, -0.1) is 5.48 Å². The molecule has 0 radical (unpaired) electrons. The molecule has 8 nitrogen and oxygen atoms in total. The van der Waals surface area contributed by atoms with Gasteiger partial charge in [-0.05, 0) is 52.2 Å². The lowest BCUT2D eigenvalue weighted by molar-refractivity contribution is -0.126. The van der Waals surface area contributed by atoms with Crippen LogP contribution in [0.3, 0.4) is 0 Å². The van der Waals surface area contributed by atoms with Gasteiger partial charge < -0.3 is 14.8 Å². The Kier molecular flexibility index (Phi) is 4.32.